The highest BCUT2D eigenvalue weighted by molar-refractivity contribution is 6.89. The Morgan fingerprint density at radius 3 is 2.40 bits per heavy atom. The molecule has 1 amide bonds. The number of carboxylic acids is 1. The van der Waals surface area contributed by atoms with Crippen molar-refractivity contribution < 1.29 is 38.4 Å². The number of carboxylic acid groups (broad SMARTS) is 1. The van der Waals surface area contributed by atoms with Crippen molar-refractivity contribution in [3.8, 4) is 0 Å². The van der Waals surface area contributed by atoms with Gasteiger partial charge in [0.1, 0.15) is 12.2 Å². The number of ether oxygens (including phenoxy) is 5. The summed E-state index contributed by atoms with van der Waals surface area (Å²) in [4.78, 5) is 31.6. The third-order valence-corrected chi connectivity index (χ3v) is 13.1. The number of anilines is 1. The van der Waals surface area contributed by atoms with E-state index in [1.165, 1.54) is 5.19 Å². The van der Waals surface area contributed by atoms with Crippen molar-refractivity contribution >= 4 is 41.7 Å². The van der Waals surface area contributed by atoms with E-state index in [-0.39, 0.29) is 31.3 Å². The second kappa shape index (κ2) is 13.0. The summed E-state index contributed by atoms with van der Waals surface area (Å²) >= 11 is 0. The Hall–Kier alpha value is -3.19. The number of aliphatic carboxylic acids is 1. The Morgan fingerprint density at radius 1 is 0.957 bits per heavy atom. The Labute approximate surface area is 277 Å². The Kier molecular flexibility index (Phi) is 9.33. The van der Waals surface area contributed by atoms with E-state index in [4.69, 9.17) is 23.7 Å². The molecule has 7 atom stereocenters. The summed E-state index contributed by atoms with van der Waals surface area (Å²) in [6.45, 7) is 12.1. The van der Waals surface area contributed by atoms with Crippen LogP contribution in [0.2, 0.25) is 19.1 Å². The van der Waals surface area contributed by atoms with E-state index in [1.807, 2.05) is 62.4 Å². The van der Waals surface area contributed by atoms with Gasteiger partial charge in [0, 0.05) is 23.9 Å². The maximum atomic E-state index is 13.8. The summed E-state index contributed by atoms with van der Waals surface area (Å²) in [6, 6.07) is 20.5. The van der Waals surface area contributed by atoms with Crippen LogP contribution >= 0.6 is 0 Å². The lowest BCUT2D eigenvalue weighted by Crippen LogP contribution is -2.47. The van der Waals surface area contributed by atoms with Crippen LogP contribution in [0.4, 0.5) is 5.69 Å². The van der Waals surface area contributed by atoms with Crippen LogP contribution in [0.25, 0.3) is 10.9 Å². The van der Waals surface area contributed by atoms with Crippen LogP contribution in [0.5, 0.6) is 0 Å². The number of aromatic nitrogens is 1. The molecule has 2 aromatic carbocycles. The minimum absolute atomic E-state index is 0.154. The van der Waals surface area contributed by atoms with Gasteiger partial charge in [0.05, 0.1) is 37.9 Å². The molecule has 3 saturated heterocycles. The van der Waals surface area contributed by atoms with Gasteiger partial charge >= 0.3 is 5.97 Å². The average Bonchev–Trinajstić information content (AvgIpc) is 3.64. The lowest BCUT2D eigenvalue weighted by Gasteiger charge is -2.35. The van der Waals surface area contributed by atoms with Crippen molar-refractivity contribution in [1.82, 2.24) is 4.98 Å². The van der Waals surface area contributed by atoms with Gasteiger partial charge in [-0.15, -0.1) is 0 Å². The number of nitrogens with one attached hydrogen (secondary N) is 1. The zero-order chi connectivity index (χ0) is 33.6. The van der Waals surface area contributed by atoms with Gasteiger partial charge in [-0.2, -0.15) is 0 Å². The first-order valence-corrected chi connectivity index (χ1v) is 19.7. The molecule has 3 aliphatic heterocycles. The maximum Gasteiger partial charge on any atom is 0.306 e. The molecule has 252 valence electrons. The maximum absolute atomic E-state index is 13.8. The van der Waals surface area contributed by atoms with E-state index < -0.39 is 62.1 Å². The summed E-state index contributed by atoms with van der Waals surface area (Å²) in [5.41, 5.74) is 1.34. The number of hydrogen-bond acceptors (Lipinski definition) is 8. The summed E-state index contributed by atoms with van der Waals surface area (Å²) < 4.78 is 30.9. The number of amides is 1. The van der Waals surface area contributed by atoms with E-state index in [1.54, 1.807) is 20.0 Å². The quantitative estimate of drug-likeness (QED) is 0.255. The van der Waals surface area contributed by atoms with Gasteiger partial charge in [0.25, 0.3) is 0 Å². The van der Waals surface area contributed by atoms with E-state index in [2.05, 4.69) is 35.5 Å². The van der Waals surface area contributed by atoms with Crippen LogP contribution in [0.3, 0.4) is 0 Å². The minimum Gasteiger partial charge on any atom is -0.481 e. The van der Waals surface area contributed by atoms with Gasteiger partial charge in [0.2, 0.25) is 5.91 Å². The number of pyridine rings is 1. The minimum atomic E-state index is -2.11. The number of fused-ring (bicyclic) bond motifs is 2. The molecule has 0 bridgehead atoms. The third kappa shape index (κ3) is 7.45. The summed E-state index contributed by atoms with van der Waals surface area (Å²) in [6.07, 6.45) is -0.344. The predicted molar refractivity (Wildman–Crippen MR) is 180 cm³/mol. The highest BCUT2D eigenvalue weighted by atomic mass is 28.3. The van der Waals surface area contributed by atoms with Gasteiger partial charge in [-0.3, -0.25) is 14.6 Å². The summed E-state index contributed by atoms with van der Waals surface area (Å²) in [7, 11) is -2.11. The van der Waals surface area contributed by atoms with Gasteiger partial charge in [0.15, 0.2) is 17.9 Å². The first kappa shape index (κ1) is 33.7. The molecule has 3 aromatic rings. The molecule has 3 fully saturated rings. The molecule has 4 heterocycles. The van der Waals surface area contributed by atoms with Gasteiger partial charge in [-0.1, -0.05) is 72.9 Å². The van der Waals surface area contributed by atoms with E-state index in [0.717, 1.165) is 5.39 Å². The molecular formula is C36H46N2O8Si. The van der Waals surface area contributed by atoms with Gasteiger partial charge in [-0.05, 0) is 52.2 Å². The van der Waals surface area contributed by atoms with Crippen LogP contribution in [-0.2, 0) is 33.3 Å². The predicted octanol–water partition coefficient (Wildman–Crippen LogP) is 5.53. The zero-order valence-electron chi connectivity index (χ0n) is 28.0. The monoisotopic (exact) mass is 662 g/mol. The highest BCUT2D eigenvalue weighted by Gasteiger charge is 2.61. The lowest BCUT2D eigenvalue weighted by atomic mass is 9.77. The van der Waals surface area contributed by atoms with Crippen LogP contribution < -0.4 is 10.5 Å². The smallest absolute Gasteiger partial charge is 0.306 e. The lowest BCUT2D eigenvalue weighted by molar-refractivity contribution is -0.230. The van der Waals surface area contributed by atoms with Crippen molar-refractivity contribution in [1.29, 1.82) is 0 Å². The van der Waals surface area contributed by atoms with Crippen molar-refractivity contribution in [2.45, 2.75) is 95.9 Å². The fraction of sp³-hybridized carbons (Fsp3) is 0.528. The van der Waals surface area contributed by atoms with Crippen molar-refractivity contribution in [2.24, 2.45) is 17.8 Å². The van der Waals surface area contributed by atoms with Crippen LogP contribution in [0.15, 0.2) is 66.9 Å². The standard InChI is InChI=1S/C36H46N2O8Si/c1-35(2)42-20-27(44-35)31-29(32-34(43-31)46-36(3,4)45-32)25(33(40)41)18-22(21-47(5,6)24-14-8-7-9-15-24)19-28(39)38-26-16-10-12-23-13-11-17-37-30(23)26/h7-17,22,25,27,29,31-32,34H,18-21H2,1-6H3,(H,38,39)(H,40,41)/t22?,25?,27-,29-,31-,32+,34+/m0/s1. The topological polar surface area (TPSA) is 125 Å². The number of nitrogens with zero attached hydrogens (tertiary/aromatic N) is 1. The molecule has 2 unspecified atom stereocenters. The molecule has 2 N–H and O–H groups in total. The number of benzene rings is 2. The molecule has 6 rings (SSSR count). The third-order valence-electron chi connectivity index (χ3n) is 9.64. The molecule has 0 radical (unpaired) electrons. The molecule has 0 spiro atoms. The fourth-order valence-electron chi connectivity index (χ4n) is 7.64. The summed E-state index contributed by atoms with van der Waals surface area (Å²) in [5.74, 6) is -4.61. The SMILES string of the molecule is CC1(C)O[C@H]2O[C@@H]([C@@H]3COC(C)(C)O3)[C@H](C(CC(CC(=O)Nc3cccc4cccnc34)C[Si](C)(C)c3ccccc3)C(=O)O)[C@H]2O1. The Bertz CT molecular complexity index is 1590. The van der Waals surface area contributed by atoms with Crippen molar-refractivity contribution in [3.05, 3.63) is 66.9 Å². The number of carbonyl (C=O) groups excluding carboxylic acids is 1. The van der Waals surface area contributed by atoms with E-state index >= 15 is 0 Å². The molecule has 47 heavy (non-hydrogen) atoms. The largest absolute Gasteiger partial charge is 0.481 e. The first-order valence-electron chi connectivity index (χ1n) is 16.5. The fourth-order valence-corrected chi connectivity index (χ4v) is 10.7. The molecule has 3 aliphatic rings. The zero-order valence-corrected chi connectivity index (χ0v) is 29.0. The van der Waals surface area contributed by atoms with Gasteiger partial charge < -0.3 is 34.1 Å². The molecule has 1 aromatic heterocycles. The van der Waals surface area contributed by atoms with Crippen molar-refractivity contribution in [3.63, 3.8) is 0 Å². The molecule has 11 heteroatoms. The number of rotatable bonds is 11. The Balaban J connectivity index is 1.30. The van der Waals surface area contributed by atoms with Crippen LogP contribution in [0, 0.1) is 17.8 Å². The number of carbonyl (C=O) groups is 2. The van der Waals surface area contributed by atoms with Crippen molar-refractivity contribution in [2.75, 3.05) is 11.9 Å². The molecule has 10 nitrogen and oxygen atoms in total. The first-order chi connectivity index (χ1) is 22.2. The molecular weight excluding hydrogens is 616 g/mol. The van der Waals surface area contributed by atoms with E-state index in [9.17, 15) is 14.7 Å². The molecule has 0 aliphatic carbocycles. The van der Waals surface area contributed by atoms with E-state index in [0.29, 0.717) is 17.2 Å². The number of hydrogen-bond donors (Lipinski definition) is 2. The van der Waals surface area contributed by atoms with Crippen LogP contribution in [0.1, 0.15) is 40.5 Å². The normalized spacial score (nSPS) is 27.7. The second-order valence-electron chi connectivity index (χ2n) is 14.6. The number of para-hydroxylation sites is 1. The molecule has 0 saturated carbocycles. The Morgan fingerprint density at radius 2 is 1.70 bits per heavy atom. The van der Waals surface area contributed by atoms with Crippen LogP contribution in [-0.4, -0.2) is 72.8 Å². The summed E-state index contributed by atoms with van der Waals surface area (Å²) in [5, 5.41) is 16.1. The van der Waals surface area contributed by atoms with Gasteiger partial charge in [-0.25, -0.2) is 0 Å². The highest BCUT2D eigenvalue weighted by Crippen LogP contribution is 2.48. The second-order valence-corrected chi connectivity index (χ2v) is 19.4. The average molecular weight is 663 g/mol.